The van der Waals surface area contributed by atoms with Crippen LogP contribution in [0.2, 0.25) is 0 Å². The van der Waals surface area contributed by atoms with Crippen molar-refractivity contribution in [2.75, 3.05) is 32.5 Å². The van der Waals surface area contributed by atoms with Crippen molar-refractivity contribution in [3.8, 4) is 0 Å². The fourth-order valence-electron chi connectivity index (χ4n) is 1.62. The predicted molar refractivity (Wildman–Crippen MR) is 69.0 cm³/mol. The normalized spacial score (nSPS) is 10.3. The van der Waals surface area contributed by atoms with E-state index in [1.165, 1.54) is 0 Å². The molecule has 17 heavy (non-hydrogen) atoms. The molecular formula is C13H20N2O2. The molecule has 0 aliphatic carbocycles. The number of anilines is 1. The Morgan fingerprint density at radius 3 is 2.76 bits per heavy atom. The number of aryl methyl sites for hydroxylation is 1. The molecule has 0 spiro atoms. The van der Waals surface area contributed by atoms with Crippen molar-refractivity contribution in [1.29, 1.82) is 0 Å². The van der Waals surface area contributed by atoms with Gasteiger partial charge in [-0.15, -0.1) is 0 Å². The van der Waals surface area contributed by atoms with Crippen LogP contribution in [0.1, 0.15) is 22.8 Å². The van der Waals surface area contributed by atoms with E-state index in [1.54, 1.807) is 18.0 Å². The number of carbonyl (C=O) groups is 1. The van der Waals surface area contributed by atoms with Gasteiger partial charge in [0.05, 0.1) is 12.2 Å². The lowest BCUT2D eigenvalue weighted by Gasteiger charge is -2.19. The Morgan fingerprint density at radius 2 is 2.18 bits per heavy atom. The van der Waals surface area contributed by atoms with E-state index < -0.39 is 0 Å². The van der Waals surface area contributed by atoms with E-state index in [1.807, 2.05) is 26.0 Å². The van der Waals surface area contributed by atoms with Gasteiger partial charge in [0, 0.05) is 25.9 Å². The summed E-state index contributed by atoms with van der Waals surface area (Å²) < 4.78 is 5.23. The highest BCUT2D eigenvalue weighted by molar-refractivity contribution is 6.00. The standard InChI is InChI=1S/C13H20N2O2/c1-4-17-9-8-15(3)13(16)12-10(2)6-5-7-11(12)14/h5-7H,4,8-9,14H2,1-3H3. The van der Waals surface area contributed by atoms with E-state index >= 15 is 0 Å². The minimum absolute atomic E-state index is 0.0553. The number of nitrogen functional groups attached to an aromatic ring is 1. The van der Waals surface area contributed by atoms with E-state index in [0.717, 1.165) is 5.56 Å². The molecule has 0 saturated heterocycles. The van der Waals surface area contributed by atoms with Gasteiger partial charge in [-0.1, -0.05) is 12.1 Å². The Kier molecular flexibility index (Phi) is 4.97. The number of amides is 1. The first-order chi connectivity index (χ1) is 8.07. The van der Waals surface area contributed by atoms with E-state index in [-0.39, 0.29) is 5.91 Å². The molecule has 0 saturated carbocycles. The van der Waals surface area contributed by atoms with Crippen molar-refractivity contribution in [2.24, 2.45) is 0 Å². The van der Waals surface area contributed by atoms with Crippen molar-refractivity contribution >= 4 is 11.6 Å². The van der Waals surface area contributed by atoms with Gasteiger partial charge in [-0.25, -0.2) is 0 Å². The maximum Gasteiger partial charge on any atom is 0.256 e. The second-order valence-corrected chi connectivity index (χ2v) is 3.96. The summed E-state index contributed by atoms with van der Waals surface area (Å²) >= 11 is 0. The Bertz CT molecular complexity index is 371. The third-order valence-electron chi connectivity index (χ3n) is 2.64. The molecule has 0 fully saturated rings. The monoisotopic (exact) mass is 236 g/mol. The van der Waals surface area contributed by atoms with Crippen LogP contribution in [0.15, 0.2) is 18.2 Å². The molecule has 4 heteroatoms. The Morgan fingerprint density at radius 1 is 1.47 bits per heavy atom. The largest absolute Gasteiger partial charge is 0.398 e. The molecule has 0 unspecified atom stereocenters. The fourth-order valence-corrected chi connectivity index (χ4v) is 1.62. The van der Waals surface area contributed by atoms with Crippen molar-refractivity contribution in [1.82, 2.24) is 4.90 Å². The molecule has 0 aliphatic heterocycles. The number of carbonyl (C=O) groups excluding carboxylic acids is 1. The number of nitrogens with two attached hydrogens (primary N) is 1. The highest BCUT2D eigenvalue weighted by atomic mass is 16.5. The molecule has 1 rings (SSSR count). The van der Waals surface area contributed by atoms with Crippen molar-refractivity contribution in [2.45, 2.75) is 13.8 Å². The van der Waals surface area contributed by atoms with Gasteiger partial charge in [-0.3, -0.25) is 4.79 Å². The minimum Gasteiger partial charge on any atom is -0.398 e. The smallest absolute Gasteiger partial charge is 0.256 e. The average Bonchev–Trinajstić information content (AvgIpc) is 2.28. The quantitative estimate of drug-likeness (QED) is 0.625. The molecule has 0 radical (unpaired) electrons. The maximum atomic E-state index is 12.2. The van der Waals surface area contributed by atoms with E-state index in [2.05, 4.69) is 0 Å². The lowest BCUT2D eigenvalue weighted by Crippen LogP contribution is -2.31. The number of likely N-dealkylation sites (N-methyl/N-ethyl adjacent to an activating group) is 1. The van der Waals surface area contributed by atoms with Gasteiger partial charge >= 0.3 is 0 Å². The molecule has 1 aromatic carbocycles. The summed E-state index contributed by atoms with van der Waals surface area (Å²) in [6, 6.07) is 5.48. The third-order valence-corrected chi connectivity index (χ3v) is 2.64. The Labute approximate surface area is 102 Å². The number of hydrogen-bond acceptors (Lipinski definition) is 3. The highest BCUT2D eigenvalue weighted by Gasteiger charge is 2.16. The first kappa shape index (κ1) is 13.5. The van der Waals surface area contributed by atoms with Gasteiger partial charge in [0.15, 0.2) is 0 Å². The van der Waals surface area contributed by atoms with Gasteiger partial charge in [0.25, 0.3) is 5.91 Å². The zero-order valence-electron chi connectivity index (χ0n) is 10.7. The number of ether oxygens (including phenoxy) is 1. The molecule has 0 bridgehead atoms. The lowest BCUT2D eigenvalue weighted by molar-refractivity contribution is 0.0710. The fraction of sp³-hybridized carbons (Fsp3) is 0.462. The summed E-state index contributed by atoms with van der Waals surface area (Å²) in [7, 11) is 1.76. The molecule has 1 amide bonds. The Hall–Kier alpha value is -1.55. The second kappa shape index (κ2) is 6.25. The van der Waals surface area contributed by atoms with Gasteiger partial charge in [0.1, 0.15) is 0 Å². The highest BCUT2D eigenvalue weighted by Crippen LogP contribution is 2.17. The first-order valence-electron chi connectivity index (χ1n) is 5.76. The lowest BCUT2D eigenvalue weighted by atomic mass is 10.1. The zero-order chi connectivity index (χ0) is 12.8. The van der Waals surface area contributed by atoms with E-state index in [4.69, 9.17) is 10.5 Å². The topological polar surface area (TPSA) is 55.6 Å². The SMILES string of the molecule is CCOCCN(C)C(=O)c1c(C)cccc1N. The van der Waals surface area contributed by atoms with Gasteiger partial charge in [-0.2, -0.15) is 0 Å². The van der Waals surface area contributed by atoms with Crippen LogP contribution in [0.3, 0.4) is 0 Å². The second-order valence-electron chi connectivity index (χ2n) is 3.96. The van der Waals surface area contributed by atoms with Gasteiger partial charge in [-0.05, 0) is 25.5 Å². The minimum atomic E-state index is -0.0553. The van der Waals surface area contributed by atoms with Crippen LogP contribution in [0.4, 0.5) is 5.69 Å². The molecule has 2 N–H and O–H groups in total. The molecule has 0 atom stereocenters. The van der Waals surface area contributed by atoms with E-state index in [9.17, 15) is 4.79 Å². The summed E-state index contributed by atoms with van der Waals surface area (Å²) in [6.45, 7) is 5.60. The van der Waals surface area contributed by atoms with Gasteiger partial charge < -0.3 is 15.4 Å². The molecule has 1 aromatic rings. The van der Waals surface area contributed by atoms with Crippen LogP contribution in [0.5, 0.6) is 0 Å². The molecule has 94 valence electrons. The molecule has 0 aliphatic rings. The summed E-state index contributed by atoms with van der Waals surface area (Å²) in [6.07, 6.45) is 0. The summed E-state index contributed by atoms with van der Waals surface area (Å²) in [4.78, 5) is 13.8. The Balaban J connectivity index is 2.75. The van der Waals surface area contributed by atoms with Crippen LogP contribution in [-0.2, 0) is 4.74 Å². The van der Waals surface area contributed by atoms with Crippen LogP contribution >= 0.6 is 0 Å². The number of benzene rings is 1. The molecular weight excluding hydrogens is 216 g/mol. The predicted octanol–water partition coefficient (Wildman–Crippen LogP) is 1.69. The number of hydrogen-bond donors (Lipinski definition) is 1. The average molecular weight is 236 g/mol. The summed E-state index contributed by atoms with van der Waals surface area (Å²) in [5, 5.41) is 0. The number of nitrogens with zero attached hydrogens (tertiary/aromatic N) is 1. The van der Waals surface area contributed by atoms with Crippen LogP contribution in [0.25, 0.3) is 0 Å². The summed E-state index contributed by atoms with van der Waals surface area (Å²) in [5.74, 6) is -0.0553. The van der Waals surface area contributed by atoms with Crippen molar-refractivity contribution < 1.29 is 9.53 Å². The van der Waals surface area contributed by atoms with Gasteiger partial charge in [0.2, 0.25) is 0 Å². The summed E-state index contributed by atoms with van der Waals surface area (Å²) in [5.41, 5.74) is 7.85. The van der Waals surface area contributed by atoms with E-state index in [0.29, 0.717) is 31.0 Å². The van der Waals surface area contributed by atoms with Crippen LogP contribution < -0.4 is 5.73 Å². The first-order valence-corrected chi connectivity index (χ1v) is 5.76. The zero-order valence-corrected chi connectivity index (χ0v) is 10.7. The molecule has 4 nitrogen and oxygen atoms in total. The van der Waals surface area contributed by atoms with Crippen LogP contribution in [-0.4, -0.2) is 37.6 Å². The maximum absolute atomic E-state index is 12.2. The van der Waals surface area contributed by atoms with Crippen LogP contribution in [0, 0.1) is 6.92 Å². The van der Waals surface area contributed by atoms with Crippen molar-refractivity contribution in [3.63, 3.8) is 0 Å². The number of rotatable bonds is 5. The molecule has 0 aromatic heterocycles. The molecule has 0 heterocycles. The third kappa shape index (κ3) is 3.46. The van der Waals surface area contributed by atoms with Crippen molar-refractivity contribution in [3.05, 3.63) is 29.3 Å².